The number of Topliss-reactive ketones (excluding diaryl/α,β-unsaturated/α-hetero) is 1. The fraction of sp³-hybridized carbons (Fsp3) is 0.440. The highest BCUT2D eigenvalue weighted by atomic mass is 35.5. The predicted molar refractivity (Wildman–Crippen MR) is 127 cm³/mol. The molecule has 0 unspecified atom stereocenters. The number of piperidine rings is 1. The molecular weight excluding hydrogens is 431 g/mol. The van der Waals surface area contributed by atoms with Gasteiger partial charge in [-0.1, -0.05) is 42.3 Å². The first-order valence-electron chi connectivity index (χ1n) is 10.9. The van der Waals surface area contributed by atoms with Gasteiger partial charge in [0, 0.05) is 42.7 Å². The smallest absolute Gasteiger partial charge is 0.253 e. The zero-order valence-corrected chi connectivity index (χ0v) is 19.9. The molecule has 1 heterocycles. The van der Waals surface area contributed by atoms with E-state index in [-0.39, 0.29) is 17.6 Å². The van der Waals surface area contributed by atoms with Crippen LogP contribution in [0.1, 0.15) is 59.9 Å². The fourth-order valence-electron chi connectivity index (χ4n) is 4.06. The minimum atomic E-state index is -0.0975. The molecule has 2 aromatic carbocycles. The summed E-state index contributed by atoms with van der Waals surface area (Å²) in [5.41, 5.74) is 2.49. The largest absolute Gasteiger partial charge is 0.339 e. The van der Waals surface area contributed by atoms with E-state index in [9.17, 15) is 9.59 Å². The number of likely N-dealkylation sites (tertiary alicyclic amines) is 1. The van der Waals surface area contributed by atoms with Crippen LogP contribution in [-0.4, -0.2) is 47.2 Å². The van der Waals surface area contributed by atoms with Gasteiger partial charge in [0.25, 0.3) is 5.91 Å². The Kier molecular flexibility index (Phi) is 8.15. The van der Waals surface area contributed by atoms with Crippen molar-refractivity contribution in [3.8, 4) is 0 Å². The maximum atomic E-state index is 12.9. The molecule has 6 heteroatoms. The average molecular weight is 461 g/mol. The number of hydrogen-bond acceptors (Lipinski definition) is 3. The maximum Gasteiger partial charge on any atom is 0.253 e. The maximum absolute atomic E-state index is 12.9. The van der Waals surface area contributed by atoms with Gasteiger partial charge in [-0.3, -0.25) is 14.5 Å². The first-order valence-corrected chi connectivity index (χ1v) is 11.7. The summed E-state index contributed by atoms with van der Waals surface area (Å²) in [5, 5.41) is 0.829. The molecule has 0 aliphatic carbocycles. The molecule has 3 rings (SSSR count). The normalized spacial score (nSPS) is 15.0. The third-order valence-electron chi connectivity index (χ3n) is 6.08. The molecule has 0 spiro atoms. The lowest BCUT2D eigenvalue weighted by Gasteiger charge is -2.31. The summed E-state index contributed by atoms with van der Waals surface area (Å²) in [5.74, 6) is 0.00331. The number of rotatable bonds is 7. The molecule has 0 radical (unpaired) electrons. The highest BCUT2D eigenvalue weighted by Gasteiger charge is 2.28. The van der Waals surface area contributed by atoms with Crippen molar-refractivity contribution in [2.75, 3.05) is 19.6 Å². The Balaban J connectivity index is 1.57. The number of carbonyl (C=O) groups excluding carboxylic acids is 2. The lowest BCUT2D eigenvalue weighted by atomic mass is 9.88. The van der Waals surface area contributed by atoms with E-state index in [1.807, 2.05) is 29.2 Å². The van der Waals surface area contributed by atoms with Gasteiger partial charge in [0.2, 0.25) is 0 Å². The molecule has 1 saturated heterocycles. The summed E-state index contributed by atoms with van der Waals surface area (Å²) in [7, 11) is 0. The van der Waals surface area contributed by atoms with Gasteiger partial charge >= 0.3 is 0 Å². The Labute approximate surface area is 195 Å². The van der Waals surface area contributed by atoms with Gasteiger partial charge in [0.05, 0.1) is 10.0 Å². The van der Waals surface area contributed by atoms with E-state index in [4.69, 9.17) is 23.2 Å². The van der Waals surface area contributed by atoms with Crippen molar-refractivity contribution >= 4 is 34.9 Å². The molecule has 2 aromatic rings. The number of hydrogen-bond donors (Lipinski definition) is 0. The average Bonchev–Trinajstić information content (AvgIpc) is 2.78. The Hall–Kier alpha value is -1.88. The van der Waals surface area contributed by atoms with E-state index >= 15 is 0 Å². The van der Waals surface area contributed by atoms with Gasteiger partial charge in [-0.2, -0.15) is 0 Å². The van der Waals surface area contributed by atoms with Gasteiger partial charge in [-0.15, -0.1) is 0 Å². The molecule has 0 saturated carbocycles. The Bertz CT molecular complexity index is 920. The van der Waals surface area contributed by atoms with Crippen LogP contribution in [0.3, 0.4) is 0 Å². The van der Waals surface area contributed by atoms with Crippen molar-refractivity contribution < 1.29 is 9.59 Å². The topological polar surface area (TPSA) is 40.6 Å². The van der Waals surface area contributed by atoms with Crippen LogP contribution >= 0.6 is 23.2 Å². The van der Waals surface area contributed by atoms with Crippen LogP contribution in [0.4, 0.5) is 0 Å². The van der Waals surface area contributed by atoms with Crippen LogP contribution in [-0.2, 0) is 6.54 Å². The SMILES string of the molecule is CCN(Cc1ccc(C(=O)N2CCC(C(=O)c3ccc(Cl)c(Cl)c3)CC2)cc1)C(C)C. The van der Waals surface area contributed by atoms with Crippen LogP contribution in [0.15, 0.2) is 42.5 Å². The number of benzene rings is 2. The van der Waals surface area contributed by atoms with Crippen LogP contribution < -0.4 is 0 Å². The number of carbonyl (C=O) groups is 2. The van der Waals surface area contributed by atoms with Crippen molar-refractivity contribution in [3.63, 3.8) is 0 Å². The molecule has 0 atom stereocenters. The molecule has 1 aliphatic heterocycles. The molecule has 166 valence electrons. The molecule has 31 heavy (non-hydrogen) atoms. The Morgan fingerprint density at radius 3 is 2.16 bits per heavy atom. The zero-order valence-electron chi connectivity index (χ0n) is 18.4. The van der Waals surface area contributed by atoms with Crippen molar-refractivity contribution in [3.05, 3.63) is 69.2 Å². The minimum Gasteiger partial charge on any atom is -0.339 e. The second kappa shape index (κ2) is 10.6. The number of nitrogens with zero attached hydrogens (tertiary/aromatic N) is 2. The molecule has 1 amide bonds. The first-order chi connectivity index (χ1) is 14.8. The van der Waals surface area contributed by atoms with E-state index in [0.717, 1.165) is 13.1 Å². The lowest BCUT2D eigenvalue weighted by Crippen LogP contribution is -2.40. The number of ketones is 1. The monoisotopic (exact) mass is 460 g/mol. The van der Waals surface area contributed by atoms with Gasteiger partial charge in [0.1, 0.15) is 0 Å². The van der Waals surface area contributed by atoms with Crippen molar-refractivity contribution in [2.24, 2.45) is 5.92 Å². The van der Waals surface area contributed by atoms with Crippen LogP contribution in [0.5, 0.6) is 0 Å². The Morgan fingerprint density at radius 2 is 1.61 bits per heavy atom. The van der Waals surface area contributed by atoms with E-state index < -0.39 is 0 Å². The molecule has 1 fully saturated rings. The predicted octanol–water partition coefficient (Wildman–Crippen LogP) is 5.96. The highest BCUT2D eigenvalue weighted by molar-refractivity contribution is 6.42. The lowest BCUT2D eigenvalue weighted by molar-refractivity contribution is 0.0650. The molecule has 0 bridgehead atoms. The molecule has 0 N–H and O–H groups in total. The molecule has 4 nitrogen and oxygen atoms in total. The van der Waals surface area contributed by atoms with E-state index in [0.29, 0.717) is 53.1 Å². The summed E-state index contributed by atoms with van der Waals surface area (Å²) >= 11 is 12.0. The van der Waals surface area contributed by atoms with Crippen molar-refractivity contribution in [1.29, 1.82) is 0 Å². The summed E-state index contributed by atoms with van der Waals surface area (Å²) in [6, 6.07) is 13.4. The Morgan fingerprint density at radius 1 is 1.00 bits per heavy atom. The summed E-state index contributed by atoms with van der Waals surface area (Å²) in [6.45, 7) is 9.58. The van der Waals surface area contributed by atoms with Gasteiger partial charge in [0.15, 0.2) is 5.78 Å². The summed E-state index contributed by atoms with van der Waals surface area (Å²) < 4.78 is 0. The van der Waals surface area contributed by atoms with Crippen LogP contribution in [0.2, 0.25) is 10.0 Å². The third kappa shape index (κ3) is 5.88. The molecule has 1 aliphatic rings. The van der Waals surface area contributed by atoms with Crippen molar-refractivity contribution in [1.82, 2.24) is 9.80 Å². The summed E-state index contributed by atoms with van der Waals surface area (Å²) in [6.07, 6.45) is 1.31. The number of amides is 1. The second-order valence-corrected chi connectivity index (χ2v) is 9.23. The number of halogens is 2. The van der Waals surface area contributed by atoms with E-state index in [1.165, 1.54) is 5.56 Å². The van der Waals surface area contributed by atoms with E-state index in [1.54, 1.807) is 18.2 Å². The van der Waals surface area contributed by atoms with Crippen LogP contribution in [0.25, 0.3) is 0 Å². The van der Waals surface area contributed by atoms with Gasteiger partial charge in [-0.05, 0) is 69.1 Å². The third-order valence-corrected chi connectivity index (χ3v) is 6.82. The molecular formula is C25H30Cl2N2O2. The highest BCUT2D eigenvalue weighted by Crippen LogP contribution is 2.27. The van der Waals surface area contributed by atoms with Gasteiger partial charge < -0.3 is 4.90 Å². The second-order valence-electron chi connectivity index (χ2n) is 8.41. The van der Waals surface area contributed by atoms with Gasteiger partial charge in [-0.25, -0.2) is 0 Å². The van der Waals surface area contributed by atoms with Crippen molar-refractivity contribution in [2.45, 2.75) is 46.2 Å². The standard InChI is InChI=1S/C25H30Cl2N2O2/c1-4-28(17(2)3)16-18-5-7-20(8-6-18)25(31)29-13-11-19(12-14-29)24(30)21-9-10-22(26)23(27)15-21/h5-10,15,17,19H,4,11-14,16H2,1-3H3. The van der Waals surface area contributed by atoms with E-state index in [2.05, 4.69) is 25.7 Å². The minimum absolute atomic E-state index is 0.0307. The quantitative estimate of drug-likeness (QED) is 0.478. The molecule has 0 aromatic heterocycles. The first kappa shape index (κ1) is 23.8. The summed E-state index contributed by atoms with van der Waals surface area (Å²) in [4.78, 5) is 30.0. The zero-order chi connectivity index (χ0) is 22.5. The fourth-order valence-corrected chi connectivity index (χ4v) is 4.36. The van der Waals surface area contributed by atoms with Crippen LogP contribution in [0, 0.1) is 5.92 Å².